The first kappa shape index (κ1) is 12.2. The third-order valence-corrected chi connectivity index (χ3v) is 2.51. The van der Waals surface area contributed by atoms with Gasteiger partial charge in [0.1, 0.15) is 11.2 Å². The normalized spacial score (nSPS) is 10.3. The molecule has 0 aliphatic heterocycles. The maximum absolute atomic E-state index is 12.2. The second kappa shape index (κ2) is 4.53. The van der Waals surface area contributed by atoms with E-state index < -0.39 is 0 Å². The summed E-state index contributed by atoms with van der Waals surface area (Å²) in [4.78, 5) is 16.4. The SMILES string of the molecule is Cc1cccn2c(=O)c(-c3nn[nH]n3)cnc12.Cl. The lowest BCUT2D eigenvalue weighted by Gasteiger charge is -2.03. The summed E-state index contributed by atoms with van der Waals surface area (Å²) in [5.41, 5.74) is 1.68. The number of rotatable bonds is 1. The quantitative estimate of drug-likeness (QED) is 0.695. The number of H-pyrrole nitrogens is 1. The van der Waals surface area contributed by atoms with Crippen LogP contribution >= 0.6 is 12.4 Å². The van der Waals surface area contributed by atoms with Crippen LogP contribution in [0.2, 0.25) is 0 Å². The Labute approximate surface area is 107 Å². The van der Waals surface area contributed by atoms with Crippen molar-refractivity contribution in [3.63, 3.8) is 0 Å². The monoisotopic (exact) mass is 264 g/mol. The number of aryl methyl sites for hydroxylation is 1. The van der Waals surface area contributed by atoms with Crippen molar-refractivity contribution >= 4 is 18.1 Å². The number of tetrazole rings is 1. The highest BCUT2D eigenvalue weighted by Crippen LogP contribution is 2.09. The van der Waals surface area contributed by atoms with Crippen LogP contribution in [-0.4, -0.2) is 30.0 Å². The number of fused-ring (bicyclic) bond motifs is 1. The summed E-state index contributed by atoms with van der Waals surface area (Å²) in [7, 11) is 0. The maximum atomic E-state index is 12.2. The van der Waals surface area contributed by atoms with Crippen LogP contribution in [0.15, 0.2) is 29.3 Å². The van der Waals surface area contributed by atoms with Gasteiger partial charge in [-0.3, -0.25) is 9.20 Å². The molecule has 92 valence electrons. The average Bonchev–Trinajstić information content (AvgIpc) is 2.84. The number of aromatic nitrogens is 6. The van der Waals surface area contributed by atoms with E-state index in [1.165, 1.54) is 10.6 Å². The summed E-state index contributed by atoms with van der Waals surface area (Å²) in [6.45, 7) is 1.90. The van der Waals surface area contributed by atoms with Crippen LogP contribution in [0.25, 0.3) is 17.0 Å². The van der Waals surface area contributed by atoms with E-state index in [-0.39, 0.29) is 23.8 Å². The molecule has 0 atom stereocenters. The minimum atomic E-state index is -0.208. The van der Waals surface area contributed by atoms with Gasteiger partial charge >= 0.3 is 0 Å². The smallest absolute Gasteiger partial charge is 0.268 e. The van der Waals surface area contributed by atoms with Gasteiger partial charge in [-0.2, -0.15) is 5.21 Å². The van der Waals surface area contributed by atoms with E-state index in [1.54, 1.807) is 12.3 Å². The topological polar surface area (TPSA) is 88.8 Å². The second-order valence-electron chi connectivity index (χ2n) is 3.60. The summed E-state index contributed by atoms with van der Waals surface area (Å²) < 4.78 is 1.47. The lowest BCUT2D eigenvalue weighted by Crippen LogP contribution is -2.17. The zero-order valence-corrected chi connectivity index (χ0v) is 10.2. The molecule has 0 saturated carbocycles. The number of hydrogen-bond donors (Lipinski definition) is 1. The third kappa shape index (κ3) is 1.74. The fourth-order valence-corrected chi connectivity index (χ4v) is 1.68. The molecule has 7 nitrogen and oxygen atoms in total. The summed E-state index contributed by atoms with van der Waals surface area (Å²) in [6, 6.07) is 3.70. The fourth-order valence-electron chi connectivity index (χ4n) is 1.68. The standard InChI is InChI=1S/C10H8N6O.ClH/c1-6-3-2-4-16-9(6)11-5-7(10(16)17)8-12-14-15-13-8;/h2-5H,1H3,(H,12,13,14,15);1H. The van der Waals surface area contributed by atoms with E-state index >= 15 is 0 Å². The van der Waals surface area contributed by atoms with E-state index in [0.717, 1.165) is 5.56 Å². The minimum Gasteiger partial charge on any atom is -0.268 e. The highest BCUT2D eigenvalue weighted by molar-refractivity contribution is 5.85. The van der Waals surface area contributed by atoms with Gasteiger partial charge in [-0.1, -0.05) is 6.07 Å². The van der Waals surface area contributed by atoms with Crippen molar-refractivity contribution in [1.29, 1.82) is 0 Å². The molecule has 3 heterocycles. The molecule has 0 bridgehead atoms. The van der Waals surface area contributed by atoms with Gasteiger partial charge in [0.05, 0.1) is 0 Å². The van der Waals surface area contributed by atoms with Crippen LogP contribution in [0.5, 0.6) is 0 Å². The highest BCUT2D eigenvalue weighted by Gasteiger charge is 2.11. The van der Waals surface area contributed by atoms with Crippen molar-refractivity contribution in [2.45, 2.75) is 6.92 Å². The van der Waals surface area contributed by atoms with Gasteiger partial charge in [-0.25, -0.2) is 4.98 Å². The molecular weight excluding hydrogens is 256 g/mol. The maximum Gasteiger partial charge on any atom is 0.269 e. The Kier molecular flexibility index (Phi) is 3.07. The van der Waals surface area contributed by atoms with Crippen LogP contribution in [-0.2, 0) is 0 Å². The van der Waals surface area contributed by atoms with E-state index in [9.17, 15) is 4.79 Å². The Hall–Kier alpha value is -2.28. The number of hydrogen-bond acceptors (Lipinski definition) is 5. The minimum absolute atomic E-state index is 0. The molecule has 0 saturated heterocycles. The highest BCUT2D eigenvalue weighted by atomic mass is 35.5. The van der Waals surface area contributed by atoms with Gasteiger partial charge in [0.15, 0.2) is 0 Å². The molecular formula is C10H9ClN6O. The van der Waals surface area contributed by atoms with E-state index in [2.05, 4.69) is 25.6 Å². The summed E-state index contributed by atoms with van der Waals surface area (Å²) in [5, 5.41) is 13.3. The van der Waals surface area contributed by atoms with Gasteiger partial charge < -0.3 is 0 Å². The molecule has 0 aliphatic carbocycles. The lowest BCUT2D eigenvalue weighted by molar-refractivity contribution is 0.881. The van der Waals surface area contributed by atoms with Crippen molar-refractivity contribution in [3.05, 3.63) is 40.4 Å². The number of pyridine rings is 1. The summed E-state index contributed by atoms with van der Waals surface area (Å²) >= 11 is 0. The van der Waals surface area contributed by atoms with Crippen molar-refractivity contribution in [3.8, 4) is 11.4 Å². The number of nitrogens with one attached hydrogen (secondary N) is 1. The van der Waals surface area contributed by atoms with Gasteiger partial charge in [0, 0.05) is 12.4 Å². The molecule has 3 rings (SSSR count). The Morgan fingerprint density at radius 1 is 1.39 bits per heavy atom. The van der Waals surface area contributed by atoms with Crippen LogP contribution < -0.4 is 5.56 Å². The van der Waals surface area contributed by atoms with Crippen LogP contribution in [0.3, 0.4) is 0 Å². The van der Waals surface area contributed by atoms with Gasteiger partial charge in [0.25, 0.3) is 5.56 Å². The molecule has 0 aromatic carbocycles. The molecule has 0 aliphatic rings. The Bertz CT molecular complexity index is 736. The first-order valence-electron chi connectivity index (χ1n) is 4.98. The fraction of sp³-hybridized carbons (Fsp3) is 0.100. The Morgan fingerprint density at radius 3 is 2.94 bits per heavy atom. The summed E-state index contributed by atoms with van der Waals surface area (Å²) in [6.07, 6.45) is 3.14. The zero-order valence-electron chi connectivity index (χ0n) is 9.36. The largest absolute Gasteiger partial charge is 0.269 e. The first-order valence-corrected chi connectivity index (χ1v) is 4.98. The van der Waals surface area contributed by atoms with E-state index in [0.29, 0.717) is 11.2 Å². The average molecular weight is 265 g/mol. The zero-order chi connectivity index (χ0) is 11.8. The van der Waals surface area contributed by atoms with Crippen molar-refractivity contribution in [2.75, 3.05) is 0 Å². The lowest BCUT2D eigenvalue weighted by atomic mass is 10.2. The second-order valence-corrected chi connectivity index (χ2v) is 3.60. The van der Waals surface area contributed by atoms with Gasteiger partial charge in [-0.15, -0.1) is 22.6 Å². The molecule has 0 spiro atoms. The van der Waals surface area contributed by atoms with E-state index in [1.807, 2.05) is 13.0 Å². The van der Waals surface area contributed by atoms with Crippen molar-refractivity contribution < 1.29 is 0 Å². The molecule has 0 amide bonds. The molecule has 0 radical (unpaired) electrons. The molecule has 3 aromatic heterocycles. The van der Waals surface area contributed by atoms with Crippen LogP contribution in [0, 0.1) is 6.92 Å². The van der Waals surface area contributed by atoms with Crippen LogP contribution in [0.4, 0.5) is 0 Å². The van der Waals surface area contributed by atoms with Gasteiger partial charge in [0.2, 0.25) is 5.82 Å². The number of nitrogens with zero attached hydrogens (tertiary/aromatic N) is 5. The Morgan fingerprint density at radius 2 is 2.22 bits per heavy atom. The molecule has 3 aromatic rings. The molecule has 0 fully saturated rings. The van der Waals surface area contributed by atoms with Crippen LogP contribution in [0.1, 0.15) is 5.56 Å². The number of aromatic amines is 1. The molecule has 8 heteroatoms. The Balaban J connectivity index is 0.00000120. The van der Waals surface area contributed by atoms with Crippen molar-refractivity contribution in [1.82, 2.24) is 30.0 Å². The first-order chi connectivity index (χ1) is 8.27. The molecule has 0 unspecified atom stereocenters. The molecule has 18 heavy (non-hydrogen) atoms. The van der Waals surface area contributed by atoms with Gasteiger partial charge in [-0.05, 0) is 23.8 Å². The third-order valence-electron chi connectivity index (χ3n) is 2.51. The summed E-state index contributed by atoms with van der Waals surface area (Å²) in [5.74, 6) is 0.249. The molecule has 1 N–H and O–H groups in total. The predicted octanol–water partition coefficient (Wildman–Crippen LogP) is 0.605. The predicted molar refractivity (Wildman–Crippen MR) is 66.6 cm³/mol. The van der Waals surface area contributed by atoms with E-state index in [4.69, 9.17) is 0 Å². The van der Waals surface area contributed by atoms with Crippen molar-refractivity contribution in [2.24, 2.45) is 0 Å². The number of halogens is 1.